The summed E-state index contributed by atoms with van der Waals surface area (Å²) in [5.74, 6) is 1.31. The molecule has 1 atom stereocenters. The summed E-state index contributed by atoms with van der Waals surface area (Å²) in [7, 11) is 0. The van der Waals surface area contributed by atoms with Crippen molar-refractivity contribution in [2.24, 2.45) is 23.2 Å². The summed E-state index contributed by atoms with van der Waals surface area (Å²) in [6, 6.07) is 4.69. The van der Waals surface area contributed by atoms with Gasteiger partial charge >= 0.3 is 5.97 Å². The van der Waals surface area contributed by atoms with Crippen molar-refractivity contribution >= 4 is 35.1 Å². The zero-order valence-electron chi connectivity index (χ0n) is 18.6. The normalized spacial score (nSPS) is 32.8. The number of anilines is 1. The molecule has 172 valence electrons. The Kier molecular flexibility index (Phi) is 5.68. The van der Waals surface area contributed by atoms with Crippen molar-refractivity contribution in [2.75, 3.05) is 18.5 Å². The molecule has 4 aliphatic carbocycles. The first-order valence-electron chi connectivity index (χ1n) is 11.9. The fourth-order valence-corrected chi connectivity index (χ4v) is 7.27. The molecular formula is C25H31ClN2O4. The molecule has 1 aromatic rings. The molecule has 6 rings (SSSR count). The molecule has 5 aliphatic rings. The maximum atomic E-state index is 13.7. The van der Waals surface area contributed by atoms with Crippen LogP contribution in [0.25, 0.3) is 0 Å². The fourth-order valence-electron chi connectivity index (χ4n) is 7.09. The number of halogens is 1. The molecule has 1 N–H and O–H groups in total. The molecule has 7 heteroatoms. The van der Waals surface area contributed by atoms with Gasteiger partial charge in [0.15, 0.2) is 6.61 Å². The van der Waals surface area contributed by atoms with Gasteiger partial charge in [-0.25, -0.2) is 4.79 Å². The zero-order chi connectivity index (χ0) is 22.5. The molecule has 1 unspecified atom stereocenters. The van der Waals surface area contributed by atoms with Crippen LogP contribution in [0.15, 0.2) is 18.2 Å². The van der Waals surface area contributed by atoms with Crippen molar-refractivity contribution in [3.63, 3.8) is 0 Å². The van der Waals surface area contributed by atoms with Crippen LogP contribution in [0.2, 0.25) is 5.02 Å². The third kappa shape index (κ3) is 3.91. The first-order chi connectivity index (χ1) is 15.3. The lowest BCUT2D eigenvalue weighted by atomic mass is 9.49. The third-order valence-electron chi connectivity index (χ3n) is 8.16. The molecule has 1 heterocycles. The molecule has 6 nitrogen and oxygen atoms in total. The van der Waals surface area contributed by atoms with Crippen LogP contribution in [-0.2, 0) is 19.1 Å². The molecule has 0 aromatic heterocycles. The first kappa shape index (κ1) is 21.7. The van der Waals surface area contributed by atoms with Gasteiger partial charge in [0, 0.05) is 17.3 Å². The van der Waals surface area contributed by atoms with Gasteiger partial charge in [0.1, 0.15) is 6.04 Å². The number of carbonyl (C=O) groups excluding carboxylic acids is 3. The number of hydrogen-bond donors (Lipinski definition) is 1. The lowest BCUT2D eigenvalue weighted by Crippen LogP contribution is -2.56. The smallest absolute Gasteiger partial charge is 0.329 e. The van der Waals surface area contributed by atoms with Gasteiger partial charge in [0.25, 0.3) is 5.91 Å². The highest BCUT2D eigenvalue weighted by Crippen LogP contribution is 2.60. The monoisotopic (exact) mass is 458 g/mol. The summed E-state index contributed by atoms with van der Waals surface area (Å²) in [6.45, 7) is 2.05. The van der Waals surface area contributed by atoms with Gasteiger partial charge in [-0.3, -0.25) is 9.59 Å². The summed E-state index contributed by atoms with van der Waals surface area (Å²) in [4.78, 5) is 40.6. The van der Waals surface area contributed by atoms with E-state index in [2.05, 4.69) is 5.32 Å². The Morgan fingerprint density at radius 3 is 2.44 bits per heavy atom. The average Bonchev–Trinajstić information content (AvgIpc) is 3.23. The van der Waals surface area contributed by atoms with Crippen LogP contribution in [0.5, 0.6) is 0 Å². The number of amides is 2. The lowest BCUT2D eigenvalue weighted by molar-refractivity contribution is -0.165. The minimum absolute atomic E-state index is 0.162. The highest BCUT2D eigenvalue weighted by Gasteiger charge is 2.57. The highest BCUT2D eigenvalue weighted by molar-refractivity contribution is 6.31. The van der Waals surface area contributed by atoms with Crippen LogP contribution in [0.3, 0.4) is 0 Å². The van der Waals surface area contributed by atoms with Crippen LogP contribution >= 0.6 is 11.6 Å². The molecule has 32 heavy (non-hydrogen) atoms. The maximum Gasteiger partial charge on any atom is 0.329 e. The Morgan fingerprint density at radius 1 is 1.12 bits per heavy atom. The van der Waals surface area contributed by atoms with E-state index in [0.717, 1.165) is 31.2 Å². The molecule has 4 saturated carbocycles. The van der Waals surface area contributed by atoms with Crippen molar-refractivity contribution in [1.82, 2.24) is 4.90 Å². The molecule has 0 spiro atoms. The van der Waals surface area contributed by atoms with Crippen LogP contribution in [0.1, 0.15) is 56.9 Å². The van der Waals surface area contributed by atoms with Gasteiger partial charge in [-0.1, -0.05) is 17.7 Å². The summed E-state index contributed by atoms with van der Waals surface area (Å²) >= 11 is 6.09. The van der Waals surface area contributed by atoms with Crippen molar-refractivity contribution in [2.45, 2.75) is 64.3 Å². The van der Waals surface area contributed by atoms with Crippen LogP contribution in [0.4, 0.5) is 5.69 Å². The third-order valence-corrected chi connectivity index (χ3v) is 8.57. The second-order valence-electron chi connectivity index (χ2n) is 10.4. The predicted octanol–water partition coefficient (Wildman–Crippen LogP) is 4.34. The van der Waals surface area contributed by atoms with Gasteiger partial charge in [0.05, 0.1) is 5.41 Å². The second kappa shape index (κ2) is 8.36. The minimum Gasteiger partial charge on any atom is -0.454 e. The number of likely N-dealkylation sites (tertiary alicyclic amines) is 1. The van der Waals surface area contributed by atoms with Gasteiger partial charge < -0.3 is 15.0 Å². The molecule has 4 bridgehead atoms. The van der Waals surface area contributed by atoms with Crippen molar-refractivity contribution in [3.8, 4) is 0 Å². The van der Waals surface area contributed by atoms with Crippen molar-refractivity contribution in [1.29, 1.82) is 0 Å². The summed E-state index contributed by atoms with van der Waals surface area (Å²) in [5.41, 5.74) is 1.09. The largest absolute Gasteiger partial charge is 0.454 e. The molecule has 5 fully saturated rings. The first-order valence-corrected chi connectivity index (χ1v) is 12.2. The van der Waals surface area contributed by atoms with E-state index in [-0.39, 0.29) is 17.9 Å². The highest BCUT2D eigenvalue weighted by atomic mass is 35.5. The average molecular weight is 459 g/mol. The number of ether oxygens (including phenoxy) is 1. The number of hydrogen-bond acceptors (Lipinski definition) is 4. The Balaban J connectivity index is 1.20. The Hall–Kier alpha value is -2.08. The number of nitrogens with zero attached hydrogens (tertiary/aromatic N) is 1. The lowest BCUT2D eigenvalue weighted by Gasteiger charge is -2.56. The second-order valence-corrected chi connectivity index (χ2v) is 10.8. The van der Waals surface area contributed by atoms with Gasteiger partial charge in [0.2, 0.25) is 5.91 Å². The van der Waals surface area contributed by atoms with E-state index in [9.17, 15) is 14.4 Å². The van der Waals surface area contributed by atoms with E-state index in [0.29, 0.717) is 41.4 Å². The van der Waals surface area contributed by atoms with E-state index in [1.165, 1.54) is 19.3 Å². The van der Waals surface area contributed by atoms with E-state index < -0.39 is 17.9 Å². The topological polar surface area (TPSA) is 75.7 Å². The number of benzene rings is 1. The summed E-state index contributed by atoms with van der Waals surface area (Å²) in [6.07, 6.45) is 8.18. The predicted molar refractivity (Wildman–Crippen MR) is 121 cm³/mol. The van der Waals surface area contributed by atoms with Crippen molar-refractivity contribution in [3.05, 3.63) is 28.8 Å². The number of carbonyl (C=O) groups is 3. The molecule has 1 aliphatic heterocycles. The SMILES string of the molecule is Cc1c(Cl)cccc1NC(=O)COC(=O)C1CCCN1C(=O)C12CC3CC(CC(C3)C1)C2. The standard InChI is InChI=1S/C25H31ClN2O4/c1-15-19(26)4-2-5-20(15)27-22(29)14-32-23(30)21-6-3-7-28(21)24(31)25-11-16-8-17(12-25)10-18(9-16)13-25/h2,4-5,16-18,21H,3,6-14H2,1H3,(H,27,29). The van der Waals surface area contributed by atoms with E-state index in [4.69, 9.17) is 16.3 Å². The van der Waals surface area contributed by atoms with Crippen molar-refractivity contribution < 1.29 is 19.1 Å². The van der Waals surface area contributed by atoms with Crippen LogP contribution < -0.4 is 5.32 Å². The molecule has 1 saturated heterocycles. The zero-order valence-corrected chi connectivity index (χ0v) is 19.3. The van der Waals surface area contributed by atoms with Gasteiger partial charge in [-0.2, -0.15) is 0 Å². The quantitative estimate of drug-likeness (QED) is 0.666. The summed E-state index contributed by atoms with van der Waals surface area (Å²) in [5, 5.41) is 3.30. The van der Waals surface area contributed by atoms with E-state index >= 15 is 0 Å². The van der Waals surface area contributed by atoms with Gasteiger partial charge in [-0.05, 0) is 93.7 Å². The van der Waals surface area contributed by atoms with E-state index in [1.54, 1.807) is 23.1 Å². The minimum atomic E-state index is -0.573. The van der Waals surface area contributed by atoms with Crippen LogP contribution in [-0.4, -0.2) is 41.9 Å². The van der Waals surface area contributed by atoms with Crippen LogP contribution in [0, 0.1) is 30.1 Å². The number of esters is 1. The summed E-state index contributed by atoms with van der Waals surface area (Å²) < 4.78 is 5.35. The number of rotatable bonds is 5. The Morgan fingerprint density at radius 2 is 1.78 bits per heavy atom. The maximum absolute atomic E-state index is 13.7. The fraction of sp³-hybridized carbons (Fsp3) is 0.640. The Bertz CT molecular complexity index is 911. The Labute approximate surface area is 194 Å². The molecule has 0 radical (unpaired) electrons. The molecular weight excluding hydrogens is 428 g/mol. The molecule has 2 amide bonds. The molecule has 1 aromatic carbocycles. The number of nitrogens with one attached hydrogen (secondary N) is 1. The van der Waals surface area contributed by atoms with Gasteiger partial charge in [-0.15, -0.1) is 0 Å². The van der Waals surface area contributed by atoms with E-state index in [1.807, 2.05) is 6.92 Å².